The molecule has 104 valence electrons. The predicted molar refractivity (Wildman–Crippen MR) is 67.8 cm³/mol. The summed E-state index contributed by atoms with van der Waals surface area (Å²) in [5, 5.41) is 16.5. The molecule has 0 bridgehead atoms. The van der Waals surface area contributed by atoms with Crippen LogP contribution in [0.2, 0.25) is 0 Å². The molecular weight excluding hydrogens is 246 g/mol. The summed E-state index contributed by atoms with van der Waals surface area (Å²) in [5.74, 6) is -0.443. The van der Waals surface area contributed by atoms with Crippen molar-refractivity contribution in [1.82, 2.24) is 15.0 Å². The number of carbonyl (C=O) groups excluding carboxylic acids is 1. The molecule has 19 heavy (non-hydrogen) atoms. The van der Waals surface area contributed by atoms with Crippen LogP contribution in [0.3, 0.4) is 0 Å². The van der Waals surface area contributed by atoms with Crippen molar-refractivity contribution in [3.05, 3.63) is 11.4 Å². The van der Waals surface area contributed by atoms with Crippen molar-refractivity contribution >= 4 is 5.91 Å². The molecule has 0 aromatic carbocycles. The van der Waals surface area contributed by atoms with E-state index in [0.717, 1.165) is 18.5 Å². The molecule has 0 aliphatic heterocycles. The predicted octanol–water partition coefficient (Wildman–Crippen LogP) is 0.707. The molecule has 1 unspecified atom stereocenters. The first kappa shape index (κ1) is 15.1. The highest BCUT2D eigenvalue weighted by Gasteiger charge is 2.19. The Morgan fingerprint density at radius 3 is 2.89 bits per heavy atom. The number of carbonyl (C=O) groups is 1. The Hall–Kier alpha value is -1.94. The molecule has 1 amide bonds. The van der Waals surface area contributed by atoms with Gasteiger partial charge in [-0.25, -0.2) is 4.68 Å². The van der Waals surface area contributed by atoms with E-state index in [1.54, 1.807) is 11.8 Å². The topological polar surface area (TPSA) is 107 Å². The molecule has 0 fully saturated rings. The van der Waals surface area contributed by atoms with Gasteiger partial charge in [-0.3, -0.25) is 4.79 Å². The van der Waals surface area contributed by atoms with Crippen LogP contribution in [0, 0.1) is 11.3 Å². The summed E-state index contributed by atoms with van der Waals surface area (Å²) in [5.41, 5.74) is 6.52. The number of ether oxygens (including phenoxy) is 1. The van der Waals surface area contributed by atoms with E-state index in [0.29, 0.717) is 18.7 Å². The smallest absolute Gasteiger partial charge is 0.223 e. The van der Waals surface area contributed by atoms with Crippen molar-refractivity contribution in [3.8, 4) is 6.07 Å². The Balaban J connectivity index is 2.82. The van der Waals surface area contributed by atoms with Gasteiger partial charge in [-0.05, 0) is 19.8 Å². The number of amides is 1. The summed E-state index contributed by atoms with van der Waals surface area (Å²) in [7, 11) is 1.59. The highest BCUT2D eigenvalue weighted by molar-refractivity contribution is 5.76. The highest BCUT2D eigenvalue weighted by Crippen LogP contribution is 2.19. The number of aromatic nitrogens is 3. The van der Waals surface area contributed by atoms with Gasteiger partial charge in [0.25, 0.3) is 0 Å². The number of aryl methyl sites for hydroxylation is 1. The molecule has 1 heterocycles. The second-order valence-corrected chi connectivity index (χ2v) is 4.28. The minimum atomic E-state index is -0.443. The number of rotatable bonds is 8. The monoisotopic (exact) mass is 265 g/mol. The summed E-state index contributed by atoms with van der Waals surface area (Å²) in [6.07, 6.45) is 2.01. The lowest BCUT2D eigenvalue weighted by atomic mass is 10.1. The number of hydrogen-bond acceptors (Lipinski definition) is 5. The third-order valence-corrected chi connectivity index (χ3v) is 2.84. The van der Waals surface area contributed by atoms with Crippen molar-refractivity contribution in [3.63, 3.8) is 0 Å². The van der Waals surface area contributed by atoms with E-state index < -0.39 is 5.91 Å². The number of nitrogens with two attached hydrogens (primary N) is 1. The van der Waals surface area contributed by atoms with Crippen molar-refractivity contribution in [2.45, 2.75) is 45.3 Å². The van der Waals surface area contributed by atoms with E-state index in [9.17, 15) is 4.79 Å². The lowest BCUT2D eigenvalue weighted by Gasteiger charge is -2.13. The molecule has 1 atom stereocenters. The number of hydrogen-bond donors (Lipinski definition) is 1. The van der Waals surface area contributed by atoms with Crippen molar-refractivity contribution in [2.24, 2.45) is 5.73 Å². The Bertz CT molecular complexity index is 463. The van der Waals surface area contributed by atoms with Gasteiger partial charge in [-0.1, -0.05) is 5.21 Å². The molecule has 1 aromatic rings. The maximum absolute atomic E-state index is 11.0. The van der Waals surface area contributed by atoms with Crippen LogP contribution in [0.25, 0.3) is 0 Å². The van der Waals surface area contributed by atoms with Crippen LogP contribution in [0.4, 0.5) is 0 Å². The first-order valence-electron chi connectivity index (χ1n) is 6.20. The third-order valence-electron chi connectivity index (χ3n) is 2.84. The SMILES string of the molecule is COC(C)c1c(CC(N)=O)nnn1CCCCC#N. The first-order valence-corrected chi connectivity index (χ1v) is 6.20. The van der Waals surface area contributed by atoms with Gasteiger partial charge in [0, 0.05) is 20.1 Å². The van der Waals surface area contributed by atoms with E-state index in [-0.39, 0.29) is 12.5 Å². The summed E-state index contributed by atoms with van der Waals surface area (Å²) < 4.78 is 7.01. The zero-order valence-corrected chi connectivity index (χ0v) is 11.3. The second kappa shape index (κ2) is 7.48. The molecule has 0 saturated carbocycles. The molecular formula is C12H19N5O2. The maximum Gasteiger partial charge on any atom is 0.223 e. The van der Waals surface area contributed by atoms with Crippen molar-refractivity contribution in [2.75, 3.05) is 7.11 Å². The summed E-state index contributed by atoms with van der Waals surface area (Å²) in [4.78, 5) is 11.0. The summed E-state index contributed by atoms with van der Waals surface area (Å²) in [6, 6.07) is 2.10. The minimum absolute atomic E-state index is 0.0568. The van der Waals surface area contributed by atoms with Crippen LogP contribution in [-0.2, 0) is 22.5 Å². The molecule has 1 rings (SSSR count). The molecule has 1 aromatic heterocycles. The van der Waals surface area contributed by atoms with E-state index in [2.05, 4.69) is 16.4 Å². The number of nitriles is 1. The number of nitrogens with zero attached hydrogens (tertiary/aromatic N) is 4. The fourth-order valence-corrected chi connectivity index (χ4v) is 1.83. The average Bonchev–Trinajstić information content (AvgIpc) is 2.76. The van der Waals surface area contributed by atoms with Gasteiger partial charge in [0.05, 0.1) is 30.0 Å². The average molecular weight is 265 g/mol. The van der Waals surface area contributed by atoms with Crippen molar-refractivity contribution < 1.29 is 9.53 Å². The molecule has 0 spiro atoms. The van der Waals surface area contributed by atoms with Crippen LogP contribution in [0.1, 0.15) is 43.7 Å². The number of primary amides is 1. The van der Waals surface area contributed by atoms with Crippen LogP contribution in [0.5, 0.6) is 0 Å². The van der Waals surface area contributed by atoms with E-state index in [1.807, 2.05) is 6.92 Å². The lowest BCUT2D eigenvalue weighted by molar-refractivity contribution is -0.117. The van der Waals surface area contributed by atoms with Gasteiger partial charge >= 0.3 is 0 Å². The van der Waals surface area contributed by atoms with Gasteiger partial charge < -0.3 is 10.5 Å². The molecule has 0 saturated heterocycles. The van der Waals surface area contributed by atoms with Crippen LogP contribution in [0.15, 0.2) is 0 Å². The molecule has 0 aliphatic carbocycles. The highest BCUT2D eigenvalue weighted by atomic mass is 16.5. The van der Waals surface area contributed by atoms with E-state index in [1.165, 1.54) is 0 Å². The van der Waals surface area contributed by atoms with Crippen molar-refractivity contribution in [1.29, 1.82) is 5.26 Å². The standard InChI is InChI=1S/C12H19N5O2/c1-9(19-2)12-10(8-11(14)18)15-16-17(12)7-5-3-4-6-13/h9H,3-5,7-8H2,1-2H3,(H2,14,18). The van der Waals surface area contributed by atoms with E-state index >= 15 is 0 Å². The normalized spacial score (nSPS) is 12.1. The van der Waals surface area contributed by atoms with Gasteiger partial charge in [0.1, 0.15) is 0 Å². The maximum atomic E-state index is 11.0. The summed E-state index contributed by atoms with van der Waals surface area (Å²) >= 11 is 0. The molecule has 7 nitrogen and oxygen atoms in total. The largest absolute Gasteiger partial charge is 0.375 e. The zero-order valence-electron chi connectivity index (χ0n) is 11.3. The van der Waals surface area contributed by atoms with Crippen LogP contribution >= 0.6 is 0 Å². The van der Waals surface area contributed by atoms with Crippen LogP contribution in [-0.4, -0.2) is 28.0 Å². The Labute approximate surface area is 112 Å². The Morgan fingerprint density at radius 2 is 2.32 bits per heavy atom. The third kappa shape index (κ3) is 4.34. The van der Waals surface area contributed by atoms with E-state index in [4.69, 9.17) is 15.7 Å². The summed E-state index contributed by atoms with van der Waals surface area (Å²) in [6.45, 7) is 2.52. The van der Waals surface area contributed by atoms with Gasteiger partial charge in [0.15, 0.2) is 0 Å². The fraction of sp³-hybridized carbons (Fsp3) is 0.667. The Kier molecular flexibility index (Phi) is 5.96. The molecule has 0 aliphatic rings. The molecule has 0 radical (unpaired) electrons. The number of unbranched alkanes of at least 4 members (excludes halogenated alkanes) is 2. The van der Waals surface area contributed by atoms with Gasteiger partial charge in [-0.15, -0.1) is 5.10 Å². The number of methoxy groups -OCH3 is 1. The second-order valence-electron chi connectivity index (χ2n) is 4.28. The minimum Gasteiger partial charge on any atom is -0.375 e. The first-order chi connectivity index (χ1) is 9.10. The fourth-order valence-electron chi connectivity index (χ4n) is 1.83. The molecule has 7 heteroatoms. The van der Waals surface area contributed by atoms with Gasteiger partial charge in [0.2, 0.25) is 5.91 Å². The quantitative estimate of drug-likeness (QED) is 0.696. The molecule has 2 N–H and O–H groups in total. The lowest BCUT2D eigenvalue weighted by Crippen LogP contribution is -2.17. The Morgan fingerprint density at radius 1 is 1.58 bits per heavy atom. The van der Waals surface area contributed by atoms with Gasteiger partial charge in [-0.2, -0.15) is 5.26 Å². The van der Waals surface area contributed by atoms with Crippen LogP contribution < -0.4 is 5.73 Å². The zero-order chi connectivity index (χ0) is 14.3.